The molecule has 35 heavy (non-hydrogen) atoms. The van der Waals surface area contributed by atoms with Gasteiger partial charge in [0.05, 0.1) is 11.1 Å². The van der Waals surface area contributed by atoms with E-state index in [0.29, 0.717) is 10.9 Å². The highest BCUT2D eigenvalue weighted by Gasteiger charge is 2.53. The van der Waals surface area contributed by atoms with Crippen LogP contribution >= 0.6 is 0 Å². The van der Waals surface area contributed by atoms with Gasteiger partial charge in [0.1, 0.15) is 12.7 Å². The lowest BCUT2D eigenvalue weighted by atomic mass is 9.97. The lowest BCUT2D eigenvalue weighted by Gasteiger charge is -2.44. The second kappa shape index (κ2) is 10.6. The average molecular weight is 490 g/mol. The van der Waals surface area contributed by atoms with Crippen LogP contribution in [0.15, 0.2) is 30.5 Å². The molecule has 1 saturated heterocycles. The van der Waals surface area contributed by atoms with Crippen LogP contribution in [-0.2, 0) is 42.9 Å². The second-order valence-corrected chi connectivity index (χ2v) is 7.92. The fourth-order valence-electron chi connectivity index (χ4n) is 4.04. The van der Waals surface area contributed by atoms with Crippen molar-refractivity contribution in [1.29, 1.82) is 0 Å². The molecule has 12 heteroatoms. The zero-order chi connectivity index (χ0) is 25.9. The molecule has 0 aliphatic carbocycles. The summed E-state index contributed by atoms with van der Waals surface area (Å²) in [5.41, 5.74) is 6.23. The average Bonchev–Trinajstić information content (AvgIpc) is 3.14. The van der Waals surface area contributed by atoms with E-state index >= 15 is 0 Å². The third-order valence-corrected chi connectivity index (χ3v) is 5.25. The Morgan fingerprint density at radius 2 is 1.43 bits per heavy atom. The number of nitrogens with two attached hydrogens (primary N) is 1. The fraction of sp³-hybridized carbons (Fsp3) is 0.435. The zero-order valence-electron chi connectivity index (χ0n) is 19.6. The maximum atomic E-state index is 12.1. The molecule has 1 aliphatic heterocycles. The number of aromatic nitrogens is 1. The second-order valence-electron chi connectivity index (χ2n) is 7.92. The predicted molar refractivity (Wildman–Crippen MR) is 118 cm³/mol. The highest BCUT2D eigenvalue weighted by molar-refractivity contribution is 6.06. The standard InChI is InChI=1S/C23H26N2O10/c1-11(26)31-10-18-19(32-12(2)27)20(33-13(3)28)21(34-14(4)29)23(35-18)25-9-16(22(24)30)15-7-5-6-8-17(15)25/h5-9,18-21,23H,10H2,1-4H3,(H2,24,30)/t18-,19-,20+,21-,23-/m1/s1. The topological polar surface area (TPSA) is 162 Å². The largest absolute Gasteiger partial charge is 0.463 e. The number of primary amides is 1. The molecule has 0 bridgehead atoms. The molecule has 1 fully saturated rings. The number of carbonyl (C=O) groups is 5. The summed E-state index contributed by atoms with van der Waals surface area (Å²) >= 11 is 0. The zero-order valence-corrected chi connectivity index (χ0v) is 19.6. The van der Waals surface area contributed by atoms with Crippen LogP contribution in [0.2, 0.25) is 0 Å². The van der Waals surface area contributed by atoms with E-state index in [0.717, 1.165) is 20.8 Å². The predicted octanol–water partition coefficient (Wildman–Crippen LogP) is 0.996. The van der Waals surface area contributed by atoms with Crippen molar-refractivity contribution < 1.29 is 47.7 Å². The third kappa shape index (κ3) is 5.77. The molecule has 1 aromatic carbocycles. The van der Waals surface area contributed by atoms with Gasteiger partial charge in [-0.05, 0) is 6.07 Å². The van der Waals surface area contributed by atoms with Crippen LogP contribution in [0, 0.1) is 0 Å². The fourth-order valence-corrected chi connectivity index (χ4v) is 4.04. The first-order chi connectivity index (χ1) is 16.5. The summed E-state index contributed by atoms with van der Waals surface area (Å²) in [4.78, 5) is 59.5. The quantitative estimate of drug-likeness (QED) is 0.437. The molecular formula is C23H26N2O10. The molecule has 1 amide bonds. The number of para-hydroxylation sites is 1. The summed E-state index contributed by atoms with van der Waals surface area (Å²) in [5, 5.41) is 0.507. The number of fused-ring (bicyclic) bond motifs is 1. The van der Waals surface area contributed by atoms with E-state index < -0.39 is 60.4 Å². The SMILES string of the molecule is CC(=O)OC[C@H]1O[C@@H](n2cc(C(N)=O)c3ccccc32)[C@H](OC(C)=O)[C@@H](OC(C)=O)[C@@H]1OC(C)=O. The van der Waals surface area contributed by atoms with Gasteiger partial charge in [-0.15, -0.1) is 0 Å². The van der Waals surface area contributed by atoms with Crippen LogP contribution in [0.3, 0.4) is 0 Å². The number of ether oxygens (including phenoxy) is 5. The Morgan fingerprint density at radius 1 is 0.857 bits per heavy atom. The Morgan fingerprint density at radius 3 is 2.00 bits per heavy atom. The first-order valence-corrected chi connectivity index (χ1v) is 10.7. The number of amides is 1. The van der Waals surface area contributed by atoms with Crippen molar-refractivity contribution in [3.8, 4) is 0 Å². The number of benzene rings is 1. The third-order valence-electron chi connectivity index (χ3n) is 5.25. The molecule has 2 heterocycles. The number of rotatable bonds is 7. The van der Waals surface area contributed by atoms with Gasteiger partial charge in [0.2, 0.25) is 0 Å². The number of hydrogen-bond donors (Lipinski definition) is 1. The lowest BCUT2D eigenvalue weighted by molar-refractivity contribution is -0.267. The van der Waals surface area contributed by atoms with Crippen molar-refractivity contribution in [1.82, 2.24) is 4.57 Å². The van der Waals surface area contributed by atoms with Gasteiger partial charge in [0.15, 0.2) is 24.5 Å². The molecule has 0 spiro atoms. The molecule has 0 saturated carbocycles. The van der Waals surface area contributed by atoms with Gasteiger partial charge in [-0.3, -0.25) is 24.0 Å². The van der Waals surface area contributed by atoms with Gasteiger partial charge in [-0.2, -0.15) is 0 Å². The first kappa shape index (κ1) is 25.7. The van der Waals surface area contributed by atoms with E-state index in [9.17, 15) is 24.0 Å². The Bertz CT molecular complexity index is 1160. The van der Waals surface area contributed by atoms with Gasteiger partial charge < -0.3 is 34.0 Å². The van der Waals surface area contributed by atoms with E-state index in [1.807, 2.05) is 0 Å². The maximum Gasteiger partial charge on any atom is 0.303 e. The highest BCUT2D eigenvalue weighted by Crippen LogP contribution is 2.37. The van der Waals surface area contributed by atoms with Crippen LogP contribution in [0.5, 0.6) is 0 Å². The normalized spacial score (nSPS) is 23.8. The van der Waals surface area contributed by atoms with E-state index in [1.165, 1.54) is 17.7 Å². The Labute approximate surface area is 200 Å². The van der Waals surface area contributed by atoms with Crippen LogP contribution in [0.1, 0.15) is 44.3 Å². The smallest absolute Gasteiger partial charge is 0.303 e. The minimum Gasteiger partial charge on any atom is -0.463 e. The number of esters is 4. The number of hydrogen-bond acceptors (Lipinski definition) is 10. The monoisotopic (exact) mass is 490 g/mol. The van der Waals surface area contributed by atoms with Gasteiger partial charge >= 0.3 is 23.9 Å². The van der Waals surface area contributed by atoms with E-state index in [-0.39, 0.29) is 12.2 Å². The van der Waals surface area contributed by atoms with E-state index in [1.54, 1.807) is 24.3 Å². The molecule has 5 atom stereocenters. The summed E-state index contributed by atoms with van der Waals surface area (Å²) < 4.78 is 29.1. The van der Waals surface area contributed by atoms with Gasteiger partial charge in [0, 0.05) is 39.3 Å². The molecule has 0 radical (unpaired) electrons. The Balaban J connectivity index is 2.19. The van der Waals surface area contributed by atoms with Crippen molar-refractivity contribution in [2.75, 3.05) is 6.61 Å². The van der Waals surface area contributed by atoms with Gasteiger partial charge in [-0.1, -0.05) is 18.2 Å². The van der Waals surface area contributed by atoms with Crippen LogP contribution in [0.4, 0.5) is 0 Å². The summed E-state index contributed by atoms with van der Waals surface area (Å²) in [6, 6.07) is 6.80. The van der Waals surface area contributed by atoms with Crippen molar-refractivity contribution in [2.45, 2.75) is 58.3 Å². The Kier molecular flexibility index (Phi) is 7.75. The highest BCUT2D eigenvalue weighted by atomic mass is 16.7. The minimum atomic E-state index is -1.34. The van der Waals surface area contributed by atoms with E-state index in [4.69, 9.17) is 29.4 Å². The van der Waals surface area contributed by atoms with Crippen LogP contribution in [0.25, 0.3) is 10.9 Å². The maximum absolute atomic E-state index is 12.1. The number of nitrogens with zero attached hydrogens (tertiary/aromatic N) is 1. The summed E-state index contributed by atoms with van der Waals surface area (Å²) in [5.74, 6) is -3.53. The summed E-state index contributed by atoms with van der Waals surface area (Å²) in [6.07, 6.45) is -4.82. The van der Waals surface area contributed by atoms with Crippen molar-refractivity contribution in [2.24, 2.45) is 5.73 Å². The summed E-state index contributed by atoms with van der Waals surface area (Å²) in [6.45, 7) is 4.24. The van der Waals surface area contributed by atoms with Crippen molar-refractivity contribution >= 4 is 40.7 Å². The molecule has 1 aliphatic rings. The summed E-state index contributed by atoms with van der Waals surface area (Å²) in [7, 11) is 0. The molecule has 1 aromatic heterocycles. The number of carbonyl (C=O) groups excluding carboxylic acids is 5. The van der Waals surface area contributed by atoms with Crippen LogP contribution < -0.4 is 5.73 Å². The molecule has 12 nitrogen and oxygen atoms in total. The molecule has 2 aromatic rings. The minimum absolute atomic E-state index is 0.174. The molecule has 3 rings (SSSR count). The molecule has 2 N–H and O–H groups in total. The first-order valence-electron chi connectivity index (χ1n) is 10.7. The molecular weight excluding hydrogens is 464 g/mol. The molecule has 188 valence electrons. The van der Waals surface area contributed by atoms with Crippen molar-refractivity contribution in [3.05, 3.63) is 36.0 Å². The van der Waals surface area contributed by atoms with Gasteiger partial charge in [0.25, 0.3) is 5.91 Å². The van der Waals surface area contributed by atoms with Gasteiger partial charge in [-0.25, -0.2) is 0 Å². The van der Waals surface area contributed by atoms with Crippen LogP contribution in [-0.4, -0.2) is 65.4 Å². The van der Waals surface area contributed by atoms with E-state index in [2.05, 4.69) is 0 Å². The molecule has 0 unspecified atom stereocenters. The van der Waals surface area contributed by atoms with Crippen molar-refractivity contribution in [3.63, 3.8) is 0 Å². The Hall–Kier alpha value is -3.93. The lowest BCUT2D eigenvalue weighted by Crippen LogP contribution is -2.60.